The van der Waals surface area contributed by atoms with E-state index in [-0.39, 0.29) is 11.3 Å². The van der Waals surface area contributed by atoms with Gasteiger partial charge in [0.25, 0.3) is 0 Å². The molecule has 0 amide bonds. The number of hydrogen-bond donors (Lipinski definition) is 2. The predicted octanol–water partition coefficient (Wildman–Crippen LogP) is 1.62. The van der Waals surface area contributed by atoms with E-state index in [4.69, 9.17) is 9.84 Å². The maximum Gasteiger partial charge on any atom is 0.339 e. The highest BCUT2D eigenvalue weighted by atomic mass is 16.5. The Hall–Kier alpha value is -1.55. The number of benzene rings is 1. The Morgan fingerprint density at radius 3 is 2.40 bits per heavy atom. The molecule has 0 aromatic heterocycles. The molecule has 0 aliphatic rings. The number of aromatic carboxylic acids is 1. The zero-order valence-corrected chi connectivity index (χ0v) is 8.94. The first kappa shape index (κ1) is 11.5. The summed E-state index contributed by atoms with van der Waals surface area (Å²) in [7, 11) is 1.40. The number of methoxy groups -OCH3 is 1. The standard InChI is InChI=1S/C11H14O4/c1-11(2,14)7-4-5-8(10(12)13)9(6-7)15-3/h4-6,14H,1-3H3,(H,12,13). The van der Waals surface area contributed by atoms with Gasteiger partial charge in [-0.25, -0.2) is 4.79 Å². The fourth-order valence-electron chi connectivity index (χ4n) is 1.25. The molecule has 2 N–H and O–H groups in total. The molecule has 0 spiro atoms. The average molecular weight is 210 g/mol. The minimum Gasteiger partial charge on any atom is -0.496 e. The van der Waals surface area contributed by atoms with Gasteiger partial charge in [-0.1, -0.05) is 6.07 Å². The topological polar surface area (TPSA) is 66.8 Å². The molecule has 0 atom stereocenters. The maximum atomic E-state index is 10.8. The lowest BCUT2D eigenvalue weighted by molar-refractivity contribution is 0.0687. The molecule has 1 aromatic rings. The van der Waals surface area contributed by atoms with Crippen LogP contribution in [0.4, 0.5) is 0 Å². The molecule has 0 bridgehead atoms. The van der Waals surface area contributed by atoms with Gasteiger partial charge in [0.2, 0.25) is 0 Å². The highest BCUT2D eigenvalue weighted by Gasteiger charge is 2.19. The first-order valence-electron chi connectivity index (χ1n) is 4.50. The Bertz CT molecular complexity index is 377. The third-order valence-corrected chi connectivity index (χ3v) is 2.14. The molecule has 4 heteroatoms. The summed E-state index contributed by atoms with van der Waals surface area (Å²) in [5, 5.41) is 18.6. The molecule has 1 rings (SSSR count). The number of rotatable bonds is 3. The van der Waals surface area contributed by atoms with E-state index < -0.39 is 11.6 Å². The highest BCUT2D eigenvalue weighted by molar-refractivity contribution is 5.91. The summed E-state index contributed by atoms with van der Waals surface area (Å²) in [6.07, 6.45) is 0. The minimum atomic E-state index is -1.05. The van der Waals surface area contributed by atoms with E-state index in [1.54, 1.807) is 19.9 Å². The van der Waals surface area contributed by atoms with Crippen molar-refractivity contribution < 1.29 is 19.7 Å². The fraction of sp³-hybridized carbons (Fsp3) is 0.364. The van der Waals surface area contributed by atoms with E-state index >= 15 is 0 Å². The Labute approximate surface area is 88.1 Å². The number of hydrogen-bond acceptors (Lipinski definition) is 3. The second-order valence-corrected chi connectivity index (χ2v) is 3.78. The van der Waals surface area contributed by atoms with Crippen molar-refractivity contribution in [3.63, 3.8) is 0 Å². The number of aliphatic hydroxyl groups is 1. The van der Waals surface area contributed by atoms with Crippen molar-refractivity contribution in [2.75, 3.05) is 7.11 Å². The molecule has 0 heterocycles. The second kappa shape index (κ2) is 3.90. The van der Waals surface area contributed by atoms with Crippen LogP contribution >= 0.6 is 0 Å². The van der Waals surface area contributed by atoms with Crippen LogP contribution in [0.5, 0.6) is 5.75 Å². The van der Waals surface area contributed by atoms with Gasteiger partial charge in [0.05, 0.1) is 12.7 Å². The molecule has 0 unspecified atom stereocenters. The van der Waals surface area contributed by atoms with Crippen molar-refractivity contribution in [1.82, 2.24) is 0 Å². The lowest BCUT2D eigenvalue weighted by Crippen LogP contribution is -2.16. The third-order valence-electron chi connectivity index (χ3n) is 2.14. The zero-order chi connectivity index (χ0) is 11.6. The Morgan fingerprint density at radius 2 is 2.00 bits per heavy atom. The van der Waals surface area contributed by atoms with E-state index in [0.29, 0.717) is 5.56 Å². The summed E-state index contributed by atoms with van der Waals surface area (Å²) in [6, 6.07) is 4.53. The van der Waals surface area contributed by atoms with Crippen LogP contribution in [0.15, 0.2) is 18.2 Å². The molecule has 0 saturated heterocycles. The van der Waals surface area contributed by atoms with Gasteiger partial charge in [-0.2, -0.15) is 0 Å². The Balaban J connectivity index is 3.25. The minimum absolute atomic E-state index is 0.0884. The quantitative estimate of drug-likeness (QED) is 0.795. The van der Waals surface area contributed by atoms with Crippen molar-refractivity contribution in [3.8, 4) is 5.75 Å². The Morgan fingerprint density at radius 1 is 1.40 bits per heavy atom. The summed E-state index contributed by atoms with van der Waals surface area (Å²) in [5.74, 6) is -0.795. The number of carboxylic acid groups (broad SMARTS) is 1. The summed E-state index contributed by atoms with van der Waals surface area (Å²) in [5.41, 5.74) is -0.306. The van der Waals surface area contributed by atoms with Crippen LogP contribution in [-0.2, 0) is 5.60 Å². The SMILES string of the molecule is COc1cc(C(C)(C)O)ccc1C(=O)O. The van der Waals surface area contributed by atoms with Crippen molar-refractivity contribution in [2.45, 2.75) is 19.4 Å². The third kappa shape index (κ3) is 2.47. The zero-order valence-electron chi connectivity index (χ0n) is 8.94. The molecule has 0 aliphatic carbocycles. The van der Waals surface area contributed by atoms with Gasteiger partial charge in [0.1, 0.15) is 11.3 Å². The smallest absolute Gasteiger partial charge is 0.339 e. The summed E-state index contributed by atoms with van der Waals surface area (Å²) < 4.78 is 4.95. The van der Waals surface area contributed by atoms with Crippen molar-refractivity contribution in [1.29, 1.82) is 0 Å². The van der Waals surface area contributed by atoms with Crippen LogP contribution < -0.4 is 4.74 Å². The monoisotopic (exact) mass is 210 g/mol. The van der Waals surface area contributed by atoms with Crippen LogP contribution in [-0.4, -0.2) is 23.3 Å². The van der Waals surface area contributed by atoms with Gasteiger partial charge in [-0.3, -0.25) is 0 Å². The molecular formula is C11H14O4. The number of ether oxygens (including phenoxy) is 1. The normalized spacial score (nSPS) is 11.2. The second-order valence-electron chi connectivity index (χ2n) is 3.78. The Kier molecular flexibility index (Phi) is 3.00. The van der Waals surface area contributed by atoms with E-state index in [9.17, 15) is 9.90 Å². The van der Waals surface area contributed by atoms with Crippen LogP contribution in [0.1, 0.15) is 29.8 Å². The first-order valence-corrected chi connectivity index (χ1v) is 4.50. The number of carboxylic acids is 1. The van der Waals surface area contributed by atoms with Gasteiger partial charge in [0.15, 0.2) is 0 Å². The lowest BCUT2D eigenvalue weighted by atomic mass is 9.97. The number of carbonyl (C=O) groups is 1. The fourth-order valence-corrected chi connectivity index (χ4v) is 1.25. The first-order chi connectivity index (χ1) is 6.86. The molecular weight excluding hydrogens is 196 g/mol. The summed E-state index contributed by atoms with van der Waals surface area (Å²) >= 11 is 0. The van der Waals surface area contributed by atoms with Crippen molar-refractivity contribution >= 4 is 5.97 Å². The van der Waals surface area contributed by atoms with E-state index in [1.807, 2.05) is 0 Å². The molecule has 15 heavy (non-hydrogen) atoms. The summed E-state index contributed by atoms with van der Waals surface area (Å²) in [4.78, 5) is 10.8. The predicted molar refractivity (Wildman–Crippen MR) is 55.2 cm³/mol. The van der Waals surface area contributed by atoms with Crippen LogP contribution in [0.3, 0.4) is 0 Å². The summed E-state index contributed by atoms with van der Waals surface area (Å²) in [6.45, 7) is 3.25. The molecule has 0 fully saturated rings. The van der Waals surface area contributed by atoms with E-state index in [2.05, 4.69) is 0 Å². The molecule has 0 aliphatic heterocycles. The molecule has 4 nitrogen and oxygen atoms in total. The van der Waals surface area contributed by atoms with Gasteiger partial charge < -0.3 is 14.9 Å². The van der Waals surface area contributed by atoms with Gasteiger partial charge >= 0.3 is 5.97 Å². The van der Waals surface area contributed by atoms with Crippen LogP contribution in [0, 0.1) is 0 Å². The molecule has 1 aromatic carbocycles. The highest BCUT2D eigenvalue weighted by Crippen LogP contribution is 2.26. The van der Waals surface area contributed by atoms with Gasteiger partial charge in [-0.05, 0) is 31.5 Å². The lowest BCUT2D eigenvalue weighted by Gasteiger charge is -2.19. The van der Waals surface area contributed by atoms with Crippen LogP contribution in [0.2, 0.25) is 0 Å². The van der Waals surface area contributed by atoms with Crippen LogP contribution in [0.25, 0.3) is 0 Å². The average Bonchev–Trinajstić information content (AvgIpc) is 2.15. The van der Waals surface area contributed by atoms with E-state index in [0.717, 1.165) is 0 Å². The molecule has 0 radical (unpaired) electrons. The van der Waals surface area contributed by atoms with E-state index in [1.165, 1.54) is 19.2 Å². The van der Waals surface area contributed by atoms with Crippen molar-refractivity contribution in [2.24, 2.45) is 0 Å². The van der Waals surface area contributed by atoms with Crippen molar-refractivity contribution in [3.05, 3.63) is 29.3 Å². The molecule has 0 saturated carbocycles. The van der Waals surface area contributed by atoms with Gasteiger partial charge in [0, 0.05) is 0 Å². The van der Waals surface area contributed by atoms with Gasteiger partial charge in [-0.15, -0.1) is 0 Å². The molecule has 82 valence electrons. The maximum absolute atomic E-state index is 10.8. The largest absolute Gasteiger partial charge is 0.496 e.